The molecule has 18 heavy (non-hydrogen) atoms. The average molecular weight is 264 g/mol. The standard InChI is InChI=1S/C13H13FN2OS/c14-8-2-1-3-9-10(8)11(15)12(18-9)13(17)16-6-7-4-5-7/h1-3,7H,4-6,15H2,(H,16,17). The Morgan fingerprint density at radius 3 is 2.94 bits per heavy atom. The molecule has 0 atom stereocenters. The molecule has 2 aromatic rings. The maximum atomic E-state index is 13.6. The van der Waals surface area contributed by atoms with E-state index in [0.29, 0.717) is 27.4 Å². The minimum Gasteiger partial charge on any atom is -0.397 e. The number of thiophene rings is 1. The van der Waals surface area contributed by atoms with E-state index < -0.39 is 0 Å². The van der Waals surface area contributed by atoms with Crippen LogP contribution in [0.1, 0.15) is 22.5 Å². The molecule has 1 saturated carbocycles. The Morgan fingerprint density at radius 1 is 1.50 bits per heavy atom. The summed E-state index contributed by atoms with van der Waals surface area (Å²) in [5.41, 5.74) is 6.12. The van der Waals surface area contributed by atoms with E-state index >= 15 is 0 Å². The van der Waals surface area contributed by atoms with E-state index in [4.69, 9.17) is 5.73 Å². The quantitative estimate of drug-likeness (QED) is 0.895. The molecule has 94 valence electrons. The van der Waals surface area contributed by atoms with Crippen LogP contribution < -0.4 is 11.1 Å². The Bertz CT molecular complexity index is 619. The van der Waals surface area contributed by atoms with Crippen LogP contribution in [0, 0.1) is 11.7 Å². The summed E-state index contributed by atoms with van der Waals surface area (Å²) in [4.78, 5) is 12.4. The molecule has 1 aliphatic carbocycles. The van der Waals surface area contributed by atoms with Crippen LogP contribution in [-0.4, -0.2) is 12.5 Å². The lowest BCUT2D eigenvalue weighted by molar-refractivity contribution is 0.0956. The number of carbonyl (C=O) groups is 1. The highest BCUT2D eigenvalue weighted by Crippen LogP contribution is 2.35. The summed E-state index contributed by atoms with van der Waals surface area (Å²) in [6.45, 7) is 0.689. The molecule has 3 N–H and O–H groups in total. The second-order valence-electron chi connectivity index (χ2n) is 4.61. The Balaban J connectivity index is 1.93. The number of benzene rings is 1. The van der Waals surface area contributed by atoms with Gasteiger partial charge in [-0.2, -0.15) is 0 Å². The fraction of sp³-hybridized carbons (Fsp3) is 0.308. The Labute approximate surface area is 108 Å². The van der Waals surface area contributed by atoms with Crippen molar-refractivity contribution in [2.45, 2.75) is 12.8 Å². The molecule has 1 amide bonds. The van der Waals surface area contributed by atoms with Crippen molar-refractivity contribution >= 4 is 33.0 Å². The molecule has 0 spiro atoms. The first-order chi connectivity index (χ1) is 8.66. The second-order valence-corrected chi connectivity index (χ2v) is 5.66. The third kappa shape index (κ3) is 1.95. The maximum absolute atomic E-state index is 13.6. The first-order valence-electron chi connectivity index (χ1n) is 5.91. The topological polar surface area (TPSA) is 55.1 Å². The number of carbonyl (C=O) groups excluding carboxylic acids is 1. The minimum absolute atomic E-state index is 0.194. The predicted molar refractivity (Wildman–Crippen MR) is 71.3 cm³/mol. The number of rotatable bonds is 3. The molecular formula is C13H13FN2OS. The lowest BCUT2D eigenvalue weighted by Crippen LogP contribution is -2.25. The zero-order valence-corrected chi connectivity index (χ0v) is 10.5. The Kier molecular flexibility index (Phi) is 2.70. The van der Waals surface area contributed by atoms with E-state index in [0.717, 1.165) is 0 Å². The van der Waals surface area contributed by atoms with Crippen LogP contribution in [0.2, 0.25) is 0 Å². The van der Waals surface area contributed by atoms with E-state index in [1.807, 2.05) is 0 Å². The van der Waals surface area contributed by atoms with Crippen molar-refractivity contribution in [3.63, 3.8) is 0 Å². The van der Waals surface area contributed by atoms with Crippen molar-refractivity contribution in [3.05, 3.63) is 28.9 Å². The van der Waals surface area contributed by atoms with E-state index in [2.05, 4.69) is 5.32 Å². The highest BCUT2D eigenvalue weighted by Gasteiger charge is 2.24. The number of hydrogen-bond donors (Lipinski definition) is 2. The number of anilines is 1. The summed E-state index contributed by atoms with van der Waals surface area (Å²) in [6.07, 6.45) is 2.35. The van der Waals surface area contributed by atoms with Gasteiger partial charge in [-0.05, 0) is 30.9 Å². The van der Waals surface area contributed by atoms with Crippen LogP contribution in [0.25, 0.3) is 10.1 Å². The summed E-state index contributed by atoms with van der Waals surface area (Å²) in [6, 6.07) is 4.76. The van der Waals surface area contributed by atoms with Crippen molar-refractivity contribution in [1.29, 1.82) is 0 Å². The van der Waals surface area contributed by atoms with E-state index in [1.54, 1.807) is 12.1 Å². The van der Waals surface area contributed by atoms with Gasteiger partial charge in [-0.3, -0.25) is 4.79 Å². The fourth-order valence-electron chi connectivity index (χ4n) is 1.94. The van der Waals surface area contributed by atoms with Crippen LogP contribution in [0.15, 0.2) is 18.2 Å². The maximum Gasteiger partial charge on any atom is 0.263 e. The van der Waals surface area contributed by atoms with Crippen molar-refractivity contribution in [2.75, 3.05) is 12.3 Å². The van der Waals surface area contributed by atoms with Gasteiger partial charge in [-0.15, -0.1) is 11.3 Å². The molecule has 0 radical (unpaired) electrons. The van der Waals surface area contributed by atoms with Gasteiger partial charge in [0, 0.05) is 11.2 Å². The molecule has 0 aliphatic heterocycles. The highest BCUT2D eigenvalue weighted by atomic mass is 32.1. The molecule has 5 heteroatoms. The summed E-state index contributed by atoms with van der Waals surface area (Å²) < 4.78 is 14.4. The van der Waals surface area contributed by atoms with Gasteiger partial charge in [0.15, 0.2) is 0 Å². The SMILES string of the molecule is Nc1c(C(=O)NCC2CC2)sc2cccc(F)c12. The number of nitrogens with one attached hydrogen (secondary N) is 1. The Hall–Kier alpha value is -1.62. The first kappa shape index (κ1) is 11.5. The molecule has 3 rings (SSSR count). The zero-order chi connectivity index (χ0) is 12.7. The lowest BCUT2D eigenvalue weighted by Gasteiger charge is -2.02. The van der Waals surface area contributed by atoms with Crippen LogP contribution in [-0.2, 0) is 0 Å². The summed E-state index contributed by atoms with van der Waals surface area (Å²) in [7, 11) is 0. The van der Waals surface area contributed by atoms with Gasteiger partial charge in [0.2, 0.25) is 0 Å². The number of halogens is 1. The zero-order valence-electron chi connectivity index (χ0n) is 9.70. The van der Waals surface area contributed by atoms with Crippen molar-refractivity contribution < 1.29 is 9.18 Å². The van der Waals surface area contributed by atoms with Gasteiger partial charge in [0.25, 0.3) is 5.91 Å². The lowest BCUT2D eigenvalue weighted by atomic mass is 10.2. The van der Waals surface area contributed by atoms with Crippen LogP contribution in [0.4, 0.5) is 10.1 Å². The number of nitrogen functional groups attached to an aromatic ring is 1. The minimum atomic E-state index is -0.373. The smallest absolute Gasteiger partial charge is 0.263 e. The van der Waals surface area contributed by atoms with Crippen molar-refractivity contribution in [1.82, 2.24) is 5.32 Å². The van der Waals surface area contributed by atoms with Gasteiger partial charge < -0.3 is 11.1 Å². The van der Waals surface area contributed by atoms with Gasteiger partial charge in [0.1, 0.15) is 10.7 Å². The molecule has 1 fully saturated rings. The molecular weight excluding hydrogens is 251 g/mol. The van der Waals surface area contributed by atoms with E-state index in [9.17, 15) is 9.18 Å². The molecule has 0 bridgehead atoms. The average Bonchev–Trinajstić information content (AvgIpc) is 3.11. The number of amides is 1. The molecule has 3 nitrogen and oxygen atoms in total. The molecule has 1 aliphatic rings. The normalized spacial score (nSPS) is 14.9. The van der Waals surface area contributed by atoms with Crippen LogP contribution >= 0.6 is 11.3 Å². The molecule has 1 heterocycles. The van der Waals surface area contributed by atoms with Gasteiger partial charge in [-0.25, -0.2) is 4.39 Å². The van der Waals surface area contributed by atoms with Crippen LogP contribution in [0.5, 0.6) is 0 Å². The summed E-state index contributed by atoms with van der Waals surface area (Å²) in [5, 5.41) is 3.21. The Morgan fingerprint density at radius 2 is 2.28 bits per heavy atom. The van der Waals surface area contributed by atoms with Crippen LogP contribution in [0.3, 0.4) is 0 Å². The first-order valence-corrected chi connectivity index (χ1v) is 6.73. The van der Waals surface area contributed by atoms with Crippen molar-refractivity contribution in [2.24, 2.45) is 5.92 Å². The molecule has 1 aromatic carbocycles. The molecule has 1 aromatic heterocycles. The van der Waals surface area contributed by atoms with E-state index in [1.165, 1.54) is 30.2 Å². The largest absolute Gasteiger partial charge is 0.397 e. The number of fused-ring (bicyclic) bond motifs is 1. The number of nitrogens with two attached hydrogens (primary N) is 1. The third-order valence-corrected chi connectivity index (χ3v) is 4.33. The monoisotopic (exact) mass is 264 g/mol. The van der Waals surface area contributed by atoms with Crippen molar-refractivity contribution in [3.8, 4) is 0 Å². The van der Waals surface area contributed by atoms with Gasteiger partial charge >= 0.3 is 0 Å². The molecule has 0 saturated heterocycles. The second kappa shape index (κ2) is 4.24. The third-order valence-electron chi connectivity index (χ3n) is 3.16. The highest BCUT2D eigenvalue weighted by molar-refractivity contribution is 7.21. The van der Waals surface area contributed by atoms with Gasteiger partial charge in [0.05, 0.1) is 11.1 Å². The number of hydrogen-bond acceptors (Lipinski definition) is 3. The summed E-state index contributed by atoms with van der Waals surface area (Å²) >= 11 is 1.24. The predicted octanol–water partition coefficient (Wildman–Crippen LogP) is 2.76. The van der Waals surface area contributed by atoms with E-state index in [-0.39, 0.29) is 17.4 Å². The summed E-state index contributed by atoms with van der Waals surface area (Å²) in [5.74, 6) is 0.0452. The van der Waals surface area contributed by atoms with Gasteiger partial charge in [-0.1, -0.05) is 6.07 Å². The fourth-order valence-corrected chi connectivity index (χ4v) is 2.99. The molecule has 0 unspecified atom stereocenters.